The topological polar surface area (TPSA) is 66.5 Å². The number of benzene rings is 2. The fraction of sp³-hybridized carbons (Fsp3) is 0.211. The Bertz CT molecular complexity index is 878. The third kappa shape index (κ3) is 4.92. The lowest BCUT2D eigenvalue weighted by Gasteiger charge is -2.21. The smallest absolute Gasteiger partial charge is 0.251 e. The highest BCUT2D eigenvalue weighted by Crippen LogP contribution is 2.19. The van der Waals surface area contributed by atoms with E-state index in [1.54, 1.807) is 43.3 Å². The Labute approximate surface area is 153 Å². The molecule has 26 heavy (non-hydrogen) atoms. The molecule has 0 fully saturated rings. The van der Waals surface area contributed by atoms with Crippen LogP contribution in [0.3, 0.4) is 0 Å². The van der Waals surface area contributed by atoms with Crippen molar-refractivity contribution in [3.8, 4) is 0 Å². The molecule has 0 bridgehead atoms. The standard InChI is InChI=1S/C19H21FN2O3S/c1-4-13-22(26(3,24)25)18-11-7-16(8-12-18)19(23)21-14(2)15-5-9-17(20)10-6-15/h4-12,14H,1,13H2,2-3H3,(H,21,23)/t14-/m1/s1. The second-order valence-electron chi connectivity index (χ2n) is 5.88. The molecule has 0 aliphatic rings. The zero-order chi connectivity index (χ0) is 19.3. The number of nitrogens with one attached hydrogen (secondary N) is 1. The lowest BCUT2D eigenvalue weighted by molar-refractivity contribution is 0.0940. The van der Waals surface area contributed by atoms with Crippen LogP contribution in [0.25, 0.3) is 0 Å². The monoisotopic (exact) mass is 376 g/mol. The number of anilines is 1. The predicted molar refractivity (Wildman–Crippen MR) is 101 cm³/mol. The van der Waals surface area contributed by atoms with E-state index in [0.29, 0.717) is 11.3 Å². The van der Waals surface area contributed by atoms with E-state index < -0.39 is 10.0 Å². The van der Waals surface area contributed by atoms with Gasteiger partial charge in [0.2, 0.25) is 10.0 Å². The highest BCUT2D eigenvalue weighted by molar-refractivity contribution is 7.92. The van der Waals surface area contributed by atoms with Crippen LogP contribution < -0.4 is 9.62 Å². The first-order valence-electron chi connectivity index (χ1n) is 7.97. The first-order valence-corrected chi connectivity index (χ1v) is 9.82. The van der Waals surface area contributed by atoms with Crippen molar-refractivity contribution in [1.82, 2.24) is 5.32 Å². The highest BCUT2D eigenvalue weighted by Gasteiger charge is 2.17. The normalized spacial score (nSPS) is 12.3. The fourth-order valence-corrected chi connectivity index (χ4v) is 3.32. The predicted octanol–water partition coefficient (Wildman–Crippen LogP) is 3.27. The molecule has 2 rings (SSSR count). The largest absolute Gasteiger partial charge is 0.346 e. The summed E-state index contributed by atoms with van der Waals surface area (Å²) in [4.78, 5) is 12.4. The molecule has 0 unspecified atom stereocenters. The van der Waals surface area contributed by atoms with Crippen molar-refractivity contribution in [3.63, 3.8) is 0 Å². The SMILES string of the molecule is C=CCN(c1ccc(C(=O)N[C@H](C)c2ccc(F)cc2)cc1)S(C)(=O)=O. The summed E-state index contributed by atoms with van der Waals surface area (Å²) in [6.45, 7) is 5.50. The van der Waals surface area contributed by atoms with Gasteiger partial charge in [0.15, 0.2) is 0 Å². The summed E-state index contributed by atoms with van der Waals surface area (Å²) in [7, 11) is -3.44. The molecule has 0 aliphatic heterocycles. The van der Waals surface area contributed by atoms with E-state index in [0.717, 1.165) is 11.8 Å². The van der Waals surface area contributed by atoms with E-state index in [2.05, 4.69) is 11.9 Å². The second kappa shape index (κ2) is 8.14. The average Bonchev–Trinajstić information content (AvgIpc) is 2.59. The Kier molecular flexibility index (Phi) is 6.15. The van der Waals surface area contributed by atoms with E-state index in [9.17, 15) is 17.6 Å². The van der Waals surface area contributed by atoms with Crippen LogP contribution >= 0.6 is 0 Å². The Hall–Kier alpha value is -2.67. The number of nitrogens with zero attached hydrogens (tertiary/aromatic N) is 1. The van der Waals surface area contributed by atoms with Gasteiger partial charge < -0.3 is 5.32 Å². The van der Waals surface area contributed by atoms with E-state index in [4.69, 9.17) is 0 Å². The van der Waals surface area contributed by atoms with Crippen LogP contribution in [0.1, 0.15) is 28.9 Å². The van der Waals surface area contributed by atoms with E-state index in [1.165, 1.54) is 22.5 Å². The van der Waals surface area contributed by atoms with Crippen LogP contribution in [0.15, 0.2) is 61.2 Å². The number of rotatable bonds is 7. The molecule has 5 nitrogen and oxygen atoms in total. The molecule has 2 aromatic carbocycles. The molecular weight excluding hydrogens is 355 g/mol. The summed E-state index contributed by atoms with van der Waals surface area (Å²) in [5.74, 6) is -0.638. The van der Waals surface area contributed by atoms with Crippen LogP contribution in [0, 0.1) is 5.82 Å². The summed E-state index contributed by atoms with van der Waals surface area (Å²) in [6.07, 6.45) is 2.60. The zero-order valence-electron chi connectivity index (χ0n) is 14.6. The van der Waals surface area contributed by atoms with E-state index in [-0.39, 0.29) is 24.3 Å². The summed E-state index contributed by atoms with van der Waals surface area (Å²) in [5.41, 5.74) is 1.64. The van der Waals surface area contributed by atoms with Gasteiger partial charge in [0.1, 0.15) is 5.82 Å². The number of carbonyl (C=O) groups excluding carboxylic acids is 1. The van der Waals surface area contributed by atoms with Crippen molar-refractivity contribution in [3.05, 3.63) is 78.1 Å². The molecule has 1 N–H and O–H groups in total. The molecule has 0 radical (unpaired) electrons. The molecule has 0 saturated carbocycles. The number of halogens is 1. The van der Waals surface area contributed by atoms with Gasteiger partial charge in [0.25, 0.3) is 5.91 Å². The molecule has 1 amide bonds. The second-order valence-corrected chi connectivity index (χ2v) is 7.78. The maximum atomic E-state index is 13.0. The lowest BCUT2D eigenvalue weighted by Crippen LogP contribution is -2.30. The van der Waals surface area contributed by atoms with Crippen molar-refractivity contribution < 1.29 is 17.6 Å². The summed E-state index contributed by atoms with van der Waals surface area (Å²) >= 11 is 0. The molecular formula is C19H21FN2O3S. The third-order valence-corrected chi connectivity index (χ3v) is 4.99. The molecule has 0 heterocycles. The highest BCUT2D eigenvalue weighted by atomic mass is 32.2. The van der Waals surface area contributed by atoms with Gasteiger partial charge in [-0.1, -0.05) is 18.2 Å². The summed E-state index contributed by atoms with van der Waals surface area (Å²) < 4.78 is 37.9. The lowest BCUT2D eigenvalue weighted by atomic mass is 10.1. The maximum absolute atomic E-state index is 13.0. The molecule has 0 saturated heterocycles. The van der Waals surface area contributed by atoms with Gasteiger partial charge in [-0.05, 0) is 48.9 Å². The van der Waals surface area contributed by atoms with E-state index >= 15 is 0 Å². The van der Waals surface area contributed by atoms with Gasteiger partial charge >= 0.3 is 0 Å². The fourth-order valence-electron chi connectivity index (χ4n) is 2.44. The van der Waals surface area contributed by atoms with Crippen molar-refractivity contribution in [2.24, 2.45) is 0 Å². The zero-order valence-corrected chi connectivity index (χ0v) is 15.5. The van der Waals surface area contributed by atoms with Gasteiger partial charge in [-0.2, -0.15) is 0 Å². The number of amides is 1. The van der Waals surface area contributed by atoms with Crippen LogP contribution in [0.5, 0.6) is 0 Å². The van der Waals surface area contributed by atoms with Crippen molar-refractivity contribution >= 4 is 21.6 Å². The minimum absolute atomic E-state index is 0.145. The van der Waals surface area contributed by atoms with Crippen molar-refractivity contribution in [1.29, 1.82) is 0 Å². The van der Waals surface area contributed by atoms with Crippen LogP contribution in [-0.4, -0.2) is 27.1 Å². The van der Waals surface area contributed by atoms with Crippen molar-refractivity contribution in [2.75, 3.05) is 17.1 Å². The van der Waals surface area contributed by atoms with Crippen LogP contribution in [-0.2, 0) is 10.0 Å². The summed E-state index contributed by atoms with van der Waals surface area (Å²) in [5, 5.41) is 2.83. The maximum Gasteiger partial charge on any atom is 0.251 e. The van der Waals surface area contributed by atoms with Gasteiger partial charge in [-0.15, -0.1) is 6.58 Å². The Balaban J connectivity index is 2.13. The van der Waals surface area contributed by atoms with Crippen LogP contribution in [0.2, 0.25) is 0 Å². The average molecular weight is 376 g/mol. The number of sulfonamides is 1. The minimum atomic E-state index is -3.44. The van der Waals surface area contributed by atoms with Crippen LogP contribution in [0.4, 0.5) is 10.1 Å². The van der Waals surface area contributed by atoms with Gasteiger partial charge in [0, 0.05) is 5.56 Å². The van der Waals surface area contributed by atoms with E-state index in [1.807, 2.05) is 0 Å². The Morgan fingerprint density at radius 1 is 1.19 bits per heavy atom. The molecule has 7 heteroatoms. The van der Waals surface area contributed by atoms with Crippen molar-refractivity contribution in [2.45, 2.75) is 13.0 Å². The number of hydrogen-bond donors (Lipinski definition) is 1. The number of carbonyl (C=O) groups is 1. The first kappa shape index (κ1) is 19.7. The Morgan fingerprint density at radius 3 is 2.27 bits per heavy atom. The van der Waals surface area contributed by atoms with Gasteiger partial charge in [0.05, 0.1) is 24.5 Å². The first-order chi connectivity index (χ1) is 12.2. The molecule has 0 aliphatic carbocycles. The minimum Gasteiger partial charge on any atom is -0.346 e. The molecule has 2 aromatic rings. The molecule has 0 spiro atoms. The number of hydrogen-bond acceptors (Lipinski definition) is 3. The van der Waals surface area contributed by atoms with Gasteiger partial charge in [-0.25, -0.2) is 12.8 Å². The quantitative estimate of drug-likeness (QED) is 0.754. The molecule has 1 atom stereocenters. The third-order valence-electron chi connectivity index (χ3n) is 3.83. The Morgan fingerprint density at radius 2 is 1.77 bits per heavy atom. The van der Waals surface area contributed by atoms with Gasteiger partial charge in [-0.3, -0.25) is 9.10 Å². The molecule has 138 valence electrons. The molecule has 0 aromatic heterocycles. The summed E-state index contributed by atoms with van der Waals surface area (Å²) in [6, 6.07) is 11.9.